The van der Waals surface area contributed by atoms with Crippen LogP contribution < -0.4 is 10.5 Å². The summed E-state index contributed by atoms with van der Waals surface area (Å²) in [4.78, 5) is 8.47. The smallest absolute Gasteiger partial charge is 0.220 e. The third-order valence-electron chi connectivity index (χ3n) is 3.35. The Balaban J connectivity index is 2.64. The van der Waals surface area contributed by atoms with Crippen molar-refractivity contribution in [3.63, 3.8) is 0 Å². The number of nitrogens with two attached hydrogens (primary N) is 1. The van der Waals surface area contributed by atoms with Gasteiger partial charge in [-0.2, -0.15) is 0 Å². The van der Waals surface area contributed by atoms with Gasteiger partial charge in [0.15, 0.2) is 0 Å². The number of ether oxygens (including phenoxy) is 1. The van der Waals surface area contributed by atoms with Crippen molar-refractivity contribution in [1.82, 2.24) is 9.97 Å². The summed E-state index contributed by atoms with van der Waals surface area (Å²) in [7, 11) is 1.70. The molecule has 0 radical (unpaired) electrons. The zero-order valence-corrected chi connectivity index (χ0v) is 12.7. The highest BCUT2D eigenvalue weighted by Crippen LogP contribution is 2.34. The highest BCUT2D eigenvalue weighted by molar-refractivity contribution is 5.67. The molecule has 0 fully saturated rings. The van der Waals surface area contributed by atoms with E-state index in [1.54, 1.807) is 7.11 Å². The van der Waals surface area contributed by atoms with E-state index in [1.165, 1.54) is 5.56 Å². The van der Waals surface area contributed by atoms with Gasteiger partial charge in [0.05, 0.1) is 12.8 Å². The standard InChI is InChI=1S/C16H21N3O/c1-9(2)12-8-13(10(3)6-15(12)20-5)14-7-11(4)18-16(17)19-14/h6-9H,1-5H3,(H2,17,18,19). The number of hydrogen-bond acceptors (Lipinski definition) is 4. The molecule has 1 aromatic carbocycles. The number of aromatic nitrogens is 2. The van der Waals surface area contributed by atoms with E-state index in [0.717, 1.165) is 28.3 Å². The van der Waals surface area contributed by atoms with Crippen molar-refractivity contribution >= 4 is 5.95 Å². The Morgan fingerprint density at radius 1 is 1.10 bits per heavy atom. The van der Waals surface area contributed by atoms with Gasteiger partial charge in [-0.25, -0.2) is 9.97 Å². The van der Waals surface area contributed by atoms with Crippen molar-refractivity contribution in [3.05, 3.63) is 35.0 Å². The number of nitrogens with zero attached hydrogens (tertiary/aromatic N) is 2. The molecule has 0 saturated carbocycles. The number of methoxy groups -OCH3 is 1. The summed E-state index contributed by atoms with van der Waals surface area (Å²) < 4.78 is 5.47. The van der Waals surface area contributed by atoms with E-state index in [1.807, 2.05) is 13.0 Å². The summed E-state index contributed by atoms with van der Waals surface area (Å²) in [6, 6.07) is 6.15. The van der Waals surface area contributed by atoms with Crippen molar-refractivity contribution in [2.24, 2.45) is 0 Å². The van der Waals surface area contributed by atoms with E-state index in [-0.39, 0.29) is 0 Å². The van der Waals surface area contributed by atoms with Crippen LogP contribution in [0.15, 0.2) is 18.2 Å². The van der Waals surface area contributed by atoms with Gasteiger partial charge in [0.2, 0.25) is 5.95 Å². The normalized spacial score (nSPS) is 10.9. The Morgan fingerprint density at radius 2 is 1.80 bits per heavy atom. The lowest BCUT2D eigenvalue weighted by atomic mass is 9.95. The van der Waals surface area contributed by atoms with Crippen LogP contribution in [0.5, 0.6) is 5.75 Å². The van der Waals surface area contributed by atoms with Crippen LogP contribution in [0.2, 0.25) is 0 Å². The average Bonchev–Trinajstić information content (AvgIpc) is 2.36. The lowest BCUT2D eigenvalue weighted by Gasteiger charge is -2.16. The molecule has 20 heavy (non-hydrogen) atoms. The zero-order chi connectivity index (χ0) is 14.9. The van der Waals surface area contributed by atoms with Crippen LogP contribution in [0.1, 0.15) is 36.6 Å². The lowest BCUT2D eigenvalue weighted by molar-refractivity contribution is 0.407. The van der Waals surface area contributed by atoms with Crippen molar-refractivity contribution in [2.75, 3.05) is 12.8 Å². The van der Waals surface area contributed by atoms with Gasteiger partial charge < -0.3 is 10.5 Å². The van der Waals surface area contributed by atoms with Crippen molar-refractivity contribution in [3.8, 4) is 17.0 Å². The van der Waals surface area contributed by atoms with Gasteiger partial charge in [-0.15, -0.1) is 0 Å². The molecule has 0 aliphatic rings. The fraction of sp³-hybridized carbons (Fsp3) is 0.375. The summed E-state index contributed by atoms with van der Waals surface area (Å²) in [5, 5.41) is 0. The molecule has 0 aliphatic carbocycles. The summed E-state index contributed by atoms with van der Waals surface area (Å²) in [6.45, 7) is 8.27. The third kappa shape index (κ3) is 2.74. The van der Waals surface area contributed by atoms with Crippen molar-refractivity contribution < 1.29 is 4.74 Å². The molecule has 1 aromatic heterocycles. The van der Waals surface area contributed by atoms with Gasteiger partial charge in [0, 0.05) is 11.3 Å². The van der Waals surface area contributed by atoms with Gasteiger partial charge in [0.1, 0.15) is 5.75 Å². The van der Waals surface area contributed by atoms with Crippen LogP contribution >= 0.6 is 0 Å². The minimum Gasteiger partial charge on any atom is -0.496 e. The molecule has 2 N–H and O–H groups in total. The third-order valence-corrected chi connectivity index (χ3v) is 3.35. The van der Waals surface area contributed by atoms with E-state index in [2.05, 4.69) is 42.9 Å². The number of nitrogen functional groups attached to an aromatic ring is 1. The van der Waals surface area contributed by atoms with Crippen LogP contribution in [-0.2, 0) is 0 Å². The molecule has 106 valence electrons. The van der Waals surface area contributed by atoms with Crippen LogP contribution in [0.25, 0.3) is 11.3 Å². The molecule has 2 aromatic rings. The zero-order valence-electron chi connectivity index (χ0n) is 12.7. The number of hydrogen-bond donors (Lipinski definition) is 1. The molecule has 0 spiro atoms. The van der Waals surface area contributed by atoms with Gasteiger partial charge in [-0.05, 0) is 49.1 Å². The lowest BCUT2D eigenvalue weighted by Crippen LogP contribution is -2.01. The van der Waals surface area contributed by atoms with E-state index >= 15 is 0 Å². The molecule has 0 amide bonds. The quantitative estimate of drug-likeness (QED) is 0.928. The fourth-order valence-corrected chi connectivity index (χ4v) is 2.33. The predicted molar refractivity (Wildman–Crippen MR) is 82.0 cm³/mol. The second kappa shape index (κ2) is 5.49. The van der Waals surface area contributed by atoms with Crippen LogP contribution in [-0.4, -0.2) is 17.1 Å². The monoisotopic (exact) mass is 271 g/mol. The molecule has 0 aliphatic heterocycles. The molecule has 0 unspecified atom stereocenters. The summed E-state index contributed by atoms with van der Waals surface area (Å²) in [5.41, 5.74) is 10.8. The van der Waals surface area contributed by atoms with Gasteiger partial charge in [0.25, 0.3) is 0 Å². The van der Waals surface area contributed by atoms with Gasteiger partial charge in [-0.1, -0.05) is 13.8 Å². The Hall–Kier alpha value is -2.10. The predicted octanol–water partition coefficient (Wildman–Crippen LogP) is 3.47. The SMILES string of the molecule is COc1cc(C)c(-c2cc(C)nc(N)n2)cc1C(C)C. The largest absolute Gasteiger partial charge is 0.496 e. The average molecular weight is 271 g/mol. The molecule has 0 saturated heterocycles. The molecule has 0 atom stereocenters. The summed E-state index contributed by atoms with van der Waals surface area (Å²) in [5.74, 6) is 1.60. The van der Waals surface area contributed by atoms with Gasteiger partial charge in [-0.3, -0.25) is 0 Å². The van der Waals surface area contributed by atoms with Crippen LogP contribution in [0, 0.1) is 13.8 Å². The highest BCUT2D eigenvalue weighted by Gasteiger charge is 2.13. The van der Waals surface area contributed by atoms with E-state index < -0.39 is 0 Å². The fourth-order valence-electron chi connectivity index (χ4n) is 2.33. The maximum atomic E-state index is 5.75. The molecule has 2 rings (SSSR count). The maximum Gasteiger partial charge on any atom is 0.220 e. The summed E-state index contributed by atoms with van der Waals surface area (Å²) in [6.07, 6.45) is 0. The van der Waals surface area contributed by atoms with E-state index in [9.17, 15) is 0 Å². The Bertz CT molecular complexity index is 616. The first kappa shape index (κ1) is 14.3. The van der Waals surface area contributed by atoms with E-state index in [4.69, 9.17) is 10.5 Å². The number of anilines is 1. The Morgan fingerprint density at radius 3 is 2.35 bits per heavy atom. The van der Waals surface area contributed by atoms with E-state index in [0.29, 0.717) is 11.9 Å². The molecule has 4 nitrogen and oxygen atoms in total. The van der Waals surface area contributed by atoms with Crippen LogP contribution in [0.3, 0.4) is 0 Å². The van der Waals surface area contributed by atoms with Crippen molar-refractivity contribution in [1.29, 1.82) is 0 Å². The first-order chi connectivity index (χ1) is 9.42. The minimum absolute atomic E-state index is 0.307. The van der Waals surface area contributed by atoms with Gasteiger partial charge >= 0.3 is 0 Å². The van der Waals surface area contributed by atoms with Crippen LogP contribution in [0.4, 0.5) is 5.95 Å². The Labute approximate surface area is 120 Å². The second-order valence-electron chi connectivity index (χ2n) is 5.32. The number of aryl methyl sites for hydroxylation is 2. The first-order valence-electron chi connectivity index (χ1n) is 6.72. The highest BCUT2D eigenvalue weighted by atomic mass is 16.5. The maximum absolute atomic E-state index is 5.75. The first-order valence-corrected chi connectivity index (χ1v) is 6.72. The molecular weight excluding hydrogens is 250 g/mol. The minimum atomic E-state index is 0.307. The number of benzene rings is 1. The summed E-state index contributed by atoms with van der Waals surface area (Å²) >= 11 is 0. The van der Waals surface area contributed by atoms with Crippen molar-refractivity contribution in [2.45, 2.75) is 33.6 Å². The number of rotatable bonds is 3. The Kier molecular flexibility index (Phi) is 3.93. The molecular formula is C16H21N3O. The topological polar surface area (TPSA) is 61.0 Å². The molecule has 0 bridgehead atoms. The molecule has 4 heteroatoms. The second-order valence-corrected chi connectivity index (χ2v) is 5.32. The molecule has 1 heterocycles.